The number of hydrogen-bond acceptors (Lipinski definition) is 3. The van der Waals surface area contributed by atoms with Gasteiger partial charge in [-0.25, -0.2) is 4.99 Å². The molecule has 0 saturated heterocycles. The van der Waals surface area contributed by atoms with Crippen LogP contribution in [-0.2, 0) is 7.05 Å². The van der Waals surface area contributed by atoms with Gasteiger partial charge >= 0.3 is 0 Å². The summed E-state index contributed by atoms with van der Waals surface area (Å²) in [7, 11) is 2.04. The Bertz CT molecular complexity index is 861. The van der Waals surface area contributed by atoms with Crippen LogP contribution in [0.25, 0.3) is 10.6 Å². The van der Waals surface area contributed by atoms with E-state index in [-0.39, 0.29) is 17.0 Å². The molecular formula is C16H16BrClN2S2. The van der Waals surface area contributed by atoms with E-state index in [1.54, 1.807) is 22.7 Å². The number of aromatic nitrogens is 1. The van der Waals surface area contributed by atoms with Crippen molar-refractivity contribution < 1.29 is 0 Å². The number of thiophene rings is 1. The molecule has 0 atom stereocenters. The summed E-state index contributed by atoms with van der Waals surface area (Å²) in [5.41, 5.74) is 4.70. The number of nitrogens with zero attached hydrogens (tertiary/aromatic N) is 2. The SMILES string of the molecule is Br.Cc1ccc(N=c2scc(-c3ccc(Cl)s3)n2C)cc1C. The molecule has 0 bridgehead atoms. The average Bonchev–Trinajstić information content (AvgIpc) is 3.01. The predicted octanol–water partition coefficient (Wildman–Crippen LogP) is 5.90. The number of aryl methyl sites for hydroxylation is 2. The molecule has 2 heterocycles. The van der Waals surface area contributed by atoms with Crippen LogP contribution in [0.3, 0.4) is 0 Å². The Morgan fingerprint density at radius 2 is 1.86 bits per heavy atom. The van der Waals surface area contributed by atoms with Gasteiger partial charge in [0.05, 0.1) is 20.6 Å². The van der Waals surface area contributed by atoms with E-state index >= 15 is 0 Å². The van der Waals surface area contributed by atoms with Gasteiger partial charge < -0.3 is 4.57 Å². The molecule has 1 aromatic carbocycles. The van der Waals surface area contributed by atoms with Gasteiger partial charge in [-0.1, -0.05) is 17.7 Å². The molecule has 22 heavy (non-hydrogen) atoms. The zero-order valence-corrected chi connectivity index (χ0v) is 16.6. The Morgan fingerprint density at radius 1 is 1.09 bits per heavy atom. The molecule has 0 radical (unpaired) electrons. The summed E-state index contributed by atoms with van der Waals surface area (Å²) in [4.78, 5) is 6.90. The molecule has 3 rings (SSSR count). The molecule has 116 valence electrons. The first-order valence-corrected chi connectivity index (χ1v) is 8.64. The van der Waals surface area contributed by atoms with Gasteiger partial charge in [0.15, 0.2) is 4.80 Å². The standard InChI is InChI=1S/C16H15ClN2S2.BrH/c1-10-4-5-12(8-11(10)2)18-16-19(3)13(9-20-16)14-6-7-15(17)21-14;/h4-9H,1-3H3;1H. The number of hydrogen-bond donors (Lipinski definition) is 0. The third-order valence-electron chi connectivity index (χ3n) is 3.47. The molecular weight excluding hydrogens is 400 g/mol. The third kappa shape index (κ3) is 3.54. The number of halogens is 2. The van der Waals surface area contributed by atoms with Crippen molar-refractivity contribution in [3.63, 3.8) is 0 Å². The second-order valence-corrected chi connectivity index (χ2v) is 7.50. The molecule has 2 aromatic heterocycles. The van der Waals surface area contributed by atoms with Gasteiger partial charge in [0.1, 0.15) is 0 Å². The quantitative estimate of drug-likeness (QED) is 0.496. The maximum atomic E-state index is 6.02. The summed E-state index contributed by atoms with van der Waals surface area (Å²) < 4.78 is 2.92. The summed E-state index contributed by atoms with van der Waals surface area (Å²) in [6.07, 6.45) is 0. The van der Waals surface area contributed by atoms with Crippen LogP contribution < -0.4 is 4.80 Å². The molecule has 0 N–H and O–H groups in total. The van der Waals surface area contributed by atoms with E-state index in [1.807, 2.05) is 13.1 Å². The van der Waals surface area contributed by atoms with Crippen molar-refractivity contribution in [2.75, 3.05) is 0 Å². The minimum absolute atomic E-state index is 0. The molecule has 0 aliphatic carbocycles. The van der Waals surface area contributed by atoms with E-state index in [9.17, 15) is 0 Å². The molecule has 0 saturated carbocycles. The van der Waals surface area contributed by atoms with Crippen molar-refractivity contribution in [2.45, 2.75) is 13.8 Å². The van der Waals surface area contributed by atoms with E-state index in [2.05, 4.69) is 48.1 Å². The average molecular weight is 416 g/mol. The molecule has 0 spiro atoms. The van der Waals surface area contributed by atoms with E-state index in [0.29, 0.717) is 0 Å². The molecule has 3 aromatic rings. The highest BCUT2D eigenvalue weighted by Gasteiger charge is 2.07. The third-order valence-corrected chi connectivity index (χ3v) is 5.64. The fourth-order valence-corrected chi connectivity index (χ4v) is 4.14. The van der Waals surface area contributed by atoms with Crippen molar-refractivity contribution >= 4 is 56.9 Å². The molecule has 0 fully saturated rings. The fraction of sp³-hybridized carbons (Fsp3) is 0.188. The maximum absolute atomic E-state index is 6.02. The van der Waals surface area contributed by atoms with Crippen LogP contribution in [0.2, 0.25) is 4.34 Å². The lowest BCUT2D eigenvalue weighted by Crippen LogP contribution is -2.10. The van der Waals surface area contributed by atoms with Gasteiger partial charge in [-0.15, -0.1) is 39.7 Å². The van der Waals surface area contributed by atoms with Crippen molar-refractivity contribution in [3.05, 3.63) is 56.0 Å². The molecule has 0 aliphatic heterocycles. The zero-order chi connectivity index (χ0) is 15.0. The molecule has 2 nitrogen and oxygen atoms in total. The van der Waals surface area contributed by atoms with E-state index in [1.165, 1.54) is 16.0 Å². The van der Waals surface area contributed by atoms with Crippen LogP contribution in [0.5, 0.6) is 0 Å². The lowest BCUT2D eigenvalue weighted by atomic mass is 10.1. The Kier molecular flexibility index (Phi) is 5.66. The molecule has 0 aliphatic rings. The summed E-state index contributed by atoms with van der Waals surface area (Å²) in [6.45, 7) is 4.23. The number of rotatable bonds is 2. The van der Waals surface area contributed by atoms with E-state index in [0.717, 1.165) is 20.5 Å². The predicted molar refractivity (Wildman–Crippen MR) is 103 cm³/mol. The van der Waals surface area contributed by atoms with Crippen LogP contribution in [-0.4, -0.2) is 4.57 Å². The Balaban J connectivity index is 0.00000176. The van der Waals surface area contributed by atoms with Gasteiger partial charge in [-0.3, -0.25) is 0 Å². The monoisotopic (exact) mass is 414 g/mol. The Hall–Kier alpha value is -0.880. The summed E-state index contributed by atoms with van der Waals surface area (Å²) in [5.74, 6) is 0. The second-order valence-electron chi connectivity index (χ2n) is 4.95. The second kappa shape index (κ2) is 7.13. The van der Waals surface area contributed by atoms with Crippen molar-refractivity contribution in [3.8, 4) is 10.6 Å². The zero-order valence-electron chi connectivity index (χ0n) is 12.5. The number of benzene rings is 1. The Labute approximate surface area is 153 Å². The maximum Gasteiger partial charge on any atom is 0.190 e. The van der Waals surface area contributed by atoms with Crippen molar-refractivity contribution in [1.82, 2.24) is 4.57 Å². The highest BCUT2D eigenvalue weighted by atomic mass is 79.9. The largest absolute Gasteiger partial charge is 0.319 e. The van der Waals surface area contributed by atoms with Crippen molar-refractivity contribution in [1.29, 1.82) is 0 Å². The molecule has 0 amide bonds. The van der Waals surface area contributed by atoms with Crippen LogP contribution in [0.4, 0.5) is 5.69 Å². The lowest BCUT2D eigenvalue weighted by molar-refractivity contribution is 0.885. The molecule has 0 unspecified atom stereocenters. The smallest absolute Gasteiger partial charge is 0.190 e. The topological polar surface area (TPSA) is 17.3 Å². The molecule has 6 heteroatoms. The van der Waals surface area contributed by atoms with Crippen LogP contribution in [0.1, 0.15) is 11.1 Å². The van der Waals surface area contributed by atoms with Crippen LogP contribution >= 0.6 is 51.3 Å². The first-order chi connectivity index (χ1) is 10.0. The highest BCUT2D eigenvalue weighted by Crippen LogP contribution is 2.31. The summed E-state index contributed by atoms with van der Waals surface area (Å²) in [5, 5.41) is 2.13. The minimum Gasteiger partial charge on any atom is -0.319 e. The van der Waals surface area contributed by atoms with Gasteiger partial charge in [-0.2, -0.15) is 0 Å². The fourth-order valence-electron chi connectivity index (χ4n) is 2.05. The number of thiazole rings is 1. The minimum atomic E-state index is 0. The van der Waals surface area contributed by atoms with Gasteiger partial charge in [-0.05, 0) is 49.2 Å². The van der Waals surface area contributed by atoms with Crippen LogP contribution in [0, 0.1) is 13.8 Å². The first-order valence-electron chi connectivity index (χ1n) is 6.57. The first kappa shape index (κ1) is 17.5. The highest BCUT2D eigenvalue weighted by molar-refractivity contribution is 8.93. The van der Waals surface area contributed by atoms with E-state index < -0.39 is 0 Å². The van der Waals surface area contributed by atoms with Crippen molar-refractivity contribution in [2.24, 2.45) is 12.0 Å². The summed E-state index contributed by atoms with van der Waals surface area (Å²) in [6, 6.07) is 10.3. The normalized spacial score (nSPS) is 11.5. The van der Waals surface area contributed by atoms with Crippen LogP contribution in [0.15, 0.2) is 40.7 Å². The van der Waals surface area contributed by atoms with Gasteiger partial charge in [0.25, 0.3) is 0 Å². The van der Waals surface area contributed by atoms with Gasteiger partial charge in [0, 0.05) is 12.4 Å². The summed E-state index contributed by atoms with van der Waals surface area (Å²) >= 11 is 9.25. The Morgan fingerprint density at radius 3 is 2.50 bits per heavy atom. The lowest BCUT2D eigenvalue weighted by Gasteiger charge is -2.01. The van der Waals surface area contributed by atoms with Gasteiger partial charge in [0.2, 0.25) is 0 Å². The van der Waals surface area contributed by atoms with E-state index in [4.69, 9.17) is 16.6 Å².